The van der Waals surface area contributed by atoms with Crippen LogP contribution in [0.15, 0.2) is 48.5 Å². The second-order valence-electron chi connectivity index (χ2n) is 5.58. The van der Waals surface area contributed by atoms with Gasteiger partial charge in [-0.3, -0.25) is 0 Å². The number of hydrogen-bond acceptors (Lipinski definition) is 2. The maximum Gasteiger partial charge on any atom is 0.120 e. The van der Waals surface area contributed by atoms with Gasteiger partial charge in [-0.1, -0.05) is 36.4 Å². The molecule has 2 aromatic rings. The average Bonchev–Trinajstić information content (AvgIpc) is 3.28. The van der Waals surface area contributed by atoms with E-state index in [0.29, 0.717) is 6.61 Å². The SMILES string of the molecule is Cc1cccc(OCc2ccc(CNC3CC3)cc2)c1. The number of hydrogen-bond donors (Lipinski definition) is 1. The zero-order chi connectivity index (χ0) is 13.8. The first-order valence-electron chi connectivity index (χ1n) is 7.30. The summed E-state index contributed by atoms with van der Waals surface area (Å²) in [5.74, 6) is 0.935. The normalized spacial score (nSPS) is 14.2. The third-order valence-corrected chi connectivity index (χ3v) is 3.59. The molecule has 104 valence electrons. The van der Waals surface area contributed by atoms with Gasteiger partial charge in [0.2, 0.25) is 0 Å². The fourth-order valence-electron chi connectivity index (χ4n) is 2.17. The van der Waals surface area contributed by atoms with E-state index in [1.165, 1.54) is 29.5 Å². The summed E-state index contributed by atoms with van der Waals surface area (Å²) in [6.07, 6.45) is 2.67. The van der Waals surface area contributed by atoms with Gasteiger partial charge in [-0.25, -0.2) is 0 Å². The fraction of sp³-hybridized carbons (Fsp3) is 0.333. The molecule has 0 aliphatic heterocycles. The number of ether oxygens (including phenoxy) is 1. The summed E-state index contributed by atoms with van der Waals surface area (Å²) in [5.41, 5.74) is 3.78. The van der Waals surface area contributed by atoms with Gasteiger partial charge < -0.3 is 10.1 Å². The summed E-state index contributed by atoms with van der Waals surface area (Å²) in [7, 11) is 0. The molecule has 1 fully saturated rings. The van der Waals surface area contributed by atoms with E-state index < -0.39 is 0 Å². The topological polar surface area (TPSA) is 21.3 Å². The van der Waals surface area contributed by atoms with Crippen molar-refractivity contribution in [3.05, 3.63) is 65.2 Å². The zero-order valence-corrected chi connectivity index (χ0v) is 11.9. The van der Waals surface area contributed by atoms with Crippen LogP contribution in [0, 0.1) is 6.92 Å². The van der Waals surface area contributed by atoms with Crippen LogP contribution < -0.4 is 10.1 Å². The highest BCUT2D eigenvalue weighted by Crippen LogP contribution is 2.19. The van der Waals surface area contributed by atoms with Crippen molar-refractivity contribution < 1.29 is 4.74 Å². The van der Waals surface area contributed by atoms with Gasteiger partial charge in [-0.05, 0) is 48.6 Å². The molecule has 1 aliphatic rings. The Bertz CT molecular complexity index is 558. The molecule has 0 bridgehead atoms. The summed E-state index contributed by atoms with van der Waals surface area (Å²) >= 11 is 0. The van der Waals surface area contributed by atoms with Gasteiger partial charge in [0.05, 0.1) is 0 Å². The lowest BCUT2D eigenvalue weighted by atomic mass is 10.1. The molecule has 2 heteroatoms. The molecule has 0 atom stereocenters. The van der Waals surface area contributed by atoms with Crippen LogP contribution in [0.5, 0.6) is 5.75 Å². The van der Waals surface area contributed by atoms with E-state index in [4.69, 9.17) is 4.74 Å². The molecule has 0 aromatic heterocycles. The van der Waals surface area contributed by atoms with Crippen LogP contribution in [-0.2, 0) is 13.2 Å². The number of benzene rings is 2. The van der Waals surface area contributed by atoms with Crippen molar-refractivity contribution in [2.75, 3.05) is 0 Å². The number of nitrogens with one attached hydrogen (secondary N) is 1. The third-order valence-electron chi connectivity index (χ3n) is 3.59. The summed E-state index contributed by atoms with van der Waals surface area (Å²) in [5, 5.41) is 3.53. The minimum Gasteiger partial charge on any atom is -0.489 e. The fourth-order valence-corrected chi connectivity index (χ4v) is 2.17. The molecule has 2 nitrogen and oxygen atoms in total. The predicted molar refractivity (Wildman–Crippen MR) is 81.8 cm³/mol. The Morgan fingerprint density at radius 2 is 1.80 bits per heavy atom. The van der Waals surface area contributed by atoms with Crippen molar-refractivity contribution in [1.29, 1.82) is 0 Å². The minimum atomic E-state index is 0.625. The first-order valence-corrected chi connectivity index (χ1v) is 7.30. The molecule has 3 rings (SSSR count). The average molecular weight is 267 g/mol. The van der Waals surface area contributed by atoms with E-state index in [2.05, 4.69) is 48.6 Å². The lowest BCUT2D eigenvalue weighted by Gasteiger charge is -2.08. The van der Waals surface area contributed by atoms with Crippen molar-refractivity contribution in [3.8, 4) is 5.75 Å². The van der Waals surface area contributed by atoms with Crippen LogP contribution in [0.25, 0.3) is 0 Å². The lowest BCUT2D eigenvalue weighted by molar-refractivity contribution is 0.306. The molecule has 0 unspecified atom stereocenters. The van der Waals surface area contributed by atoms with Gasteiger partial charge in [-0.2, -0.15) is 0 Å². The second-order valence-corrected chi connectivity index (χ2v) is 5.58. The molecule has 0 heterocycles. The summed E-state index contributed by atoms with van der Waals surface area (Å²) < 4.78 is 5.81. The van der Waals surface area contributed by atoms with Crippen molar-refractivity contribution >= 4 is 0 Å². The Kier molecular flexibility index (Phi) is 4.03. The predicted octanol–water partition coefficient (Wildman–Crippen LogP) is 3.83. The molecule has 0 spiro atoms. The molecule has 0 amide bonds. The molecule has 0 radical (unpaired) electrons. The summed E-state index contributed by atoms with van der Waals surface area (Å²) in [6.45, 7) is 3.68. The standard InChI is InChI=1S/C18H21NO/c1-14-3-2-4-18(11-14)20-13-16-7-5-15(6-8-16)12-19-17-9-10-17/h2-8,11,17,19H,9-10,12-13H2,1H3. The first kappa shape index (κ1) is 13.2. The Hall–Kier alpha value is -1.80. The Balaban J connectivity index is 1.52. The van der Waals surface area contributed by atoms with Crippen molar-refractivity contribution in [2.45, 2.75) is 39.0 Å². The second kappa shape index (κ2) is 6.10. The Labute approximate surface area is 120 Å². The van der Waals surface area contributed by atoms with Crippen molar-refractivity contribution in [3.63, 3.8) is 0 Å². The molecule has 1 N–H and O–H groups in total. The van der Waals surface area contributed by atoms with Gasteiger partial charge in [0, 0.05) is 12.6 Å². The largest absolute Gasteiger partial charge is 0.489 e. The molecule has 1 aliphatic carbocycles. The van der Waals surface area contributed by atoms with Crippen LogP contribution >= 0.6 is 0 Å². The van der Waals surface area contributed by atoms with E-state index in [1.807, 2.05) is 12.1 Å². The lowest BCUT2D eigenvalue weighted by Crippen LogP contribution is -2.15. The van der Waals surface area contributed by atoms with E-state index in [0.717, 1.165) is 18.3 Å². The highest BCUT2D eigenvalue weighted by atomic mass is 16.5. The van der Waals surface area contributed by atoms with Gasteiger partial charge in [0.15, 0.2) is 0 Å². The number of rotatable bonds is 6. The molecular weight excluding hydrogens is 246 g/mol. The maximum atomic E-state index is 5.81. The third kappa shape index (κ3) is 3.84. The molecule has 2 aromatic carbocycles. The van der Waals surface area contributed by atoms with Crippen LogP contribution in [0.2, 0.25) is 0 Å². The van der Waals surface area contributed by atoms with Crippen LogP contribution in [-0.4, -0.2) is 6.04 Å². The summed E-state index contributed by atoms with van der Waals surface area (Å²) in [6, 6.07) is 17.6. The molecular formula is C18H21NO. The highest BCUT2D eigenvalue weighted by Gasteiger charge is 2.19. The van der Waals surface area contributed by atoms with Crippen LogP contribution in [0.1, 0.15) is 29.5 Å². The zero-order valence-electron chi connectivity index (χ0n) is 11.9. The minimum absolute atomic E-state index is 0.625. The van der Waals surface area contributed by atoms with E-state index in [-0.39, 0.29) is 0 Å². The summed E-state index contributed by atoms with van der Waals surface area (Å²) in [4.78, 5) is 0. The molecule has 0 saturated heterocycles. The van der Waals surface area contributed by atoms with E-state index >= 15 is 0 Å². The monoisotopic (exact) mass is 267 g/mol. The van der Waals surface area contributed by atoms with E-state index in [9.17, 15) is 0 Å². The van der Waals surface area contributed by atoms with E-state index in [1.54, 1.807) is 0 Å². The Morgan fingerprint density at radius 1 is 1.05 bits per heavy atom. The Morgan fingerprint density at radius 3 is 2.50 bits per heavy atom. The van der Waals surface area contributed by atoms with Crippen LogP contribution in [0.4, 0.5) is 0 Å². The molecule has 20 heavy (non-hydrogen) atoms. The van der Waals surface area contributed by atoms with Crippen LogP contribution in [0.3, 0.4) is 0 Å². The van der Waals surface area contributed by atoms with Gasteiger partial charge >= 0.3 is 0 Å². The number of aryl methyl sites for hydroxylation is 1. The van der Waals surface area contributed by atoms with Gasteiger partial charge in [0.25, 0.3) is 0 Å². The van der Waals surface area contributed by atoms with Crippen molar-refractivity contribution in [2.24, 2.45) is 0 Å². The quantitative estimate of drug-likeness (QED) is 0.859. The van der Waals surface area contributed by atoms with Crippen molar-refractivity contribution in [1.82, 2.24) is 5.32 Å². The maximum absolute atomic E-state index is 5.81. The smallest absolute Gasteiger partial charge is 0.120 e. The van der Waals surface area contributed by atoms with Gasteiger partial charge in [0.1, 0.15) is 12.4 Å². The first-order chi connectivity index (χ1) is 9.79. The highest BCUT2D eigenvalue weighted by molar-refractivity contribution is 5.28. The molecule has 1 saturated carbocycles. The van der Waals surface area contributed by atoms with Gasteiger partial charge in [-0.15, -0.1) is 0 Å².